The molecule has 0 aliphatic carbocycles. The van der Waals surface area contributed by atoms with Gasteiger partial charge in [-0.2, -0.15) is 10.2 Å². The summed E-state index contributed by atoms with van der Waals surface area (Å²) in [6, 6.07) is -0.124. The van der Waals surface area contributed by atoms with E-state index in [2.05, 4.69) is 22.2 Å². The number of H-pyrrole nitrogens is 1. The fourth-order valence-corrected chi connectivity index (χ4v) is 4.35. The van der Waals surface area contributed by atoms with Crippen molar-refractivity contribution >= 4 is 26.7 Å². The number of nitrogens with two attached hydrogens (primary N) is 1. The zero-order valence-electron chi connectivity index (χ0n) is 10.8. The van der Waals surface area contributed by atoms with E-state index in [1.54, 1.807) is 4.68 Å². The molecule has 0 radical (unpaired) electrons. The van der Waals surface area contributed by atoms with Crippen LogP contribution in [0.3, 0.4) is 0 Å². The molecule has 1 fully saturated rings. The van der Waals surface area contributed by atoms with Gasteiger partial charge in [-0.05, 0) is 12.8 Å². The smallest absolute Gasteiger partial charge is 0.182 e. The third kappa shape index (κ3) is 1.99. The van der Waals surface area contributed by atoms with E-state index in [4.69, 9.17) is 5.73 Å². The van der Waals surface area contributed by atoms with Crippen LogP contribution in [0.2, 0.25) is 0 Å². The lowest BCUT2D eigenvalue weighted by atomic mass is 10.2. The third-order valence-corrected chi connectivity index (χ3v) is 5.30. The Labute approximate surface area is 111 Å². The summed E-state index contributed by atoms with van der Waals surface area (Å²) in [6.45, 7) is 2.07. The summed E-state index contributed by atoms with van der Waals surface area (Å²) in [5.74, 6) is 0.870. The van der Waals surface area contributed by atoms with Crippen LogP contribution in [-0.2, 0) is 16.3 Å². The molecule has 3 heterocycles. The number of hydrogen-bond acceptors (Lipinski definition) is 5. The molecule has 0 saturated carbocycles. The second-order valence-electron chi connectivity index (χ2n) is 5.03. The number of aryl methyl sites for hydroxylation is 1. The normalized spacial score (nSPS) is 22.3. The van der Waals surface area contributed by atoms with E-state index in [9.17, 15) is 8.42 Å². The SMILES string of the molecule is CCCc1nn(C2CCS(=O)(=O)C2)c2n[nH]c(N)c12. The predicted molar refractivity (Wildman–Crippen MR) is 72.6 cm³/mol. The lowest BCUT2D eigenvalue weighted by Gasteiger charge is -2.07. The van der Waals surface area contributed by atoms with Crippen molar-refractivity contribution in [2.75, 3.05) is 17.2 Å². The molecule has 1 unspecified atom stereocenters. The number of sulfone groups is 1. The molecule has 8 heteroatoms. The van der Waals surface area contributed by atoms with Gasteiger partial charge in [-0.15, -0.1) is 0 Å². The van der Waals surface area contributed by atoms with Crippen LogP contribution < -0.4 is 5.73 Å². The molecular formula is C11H17N5O2S. The molecule has 1 aliphatic rings. The Balaban J connectivity index is 2.09. The third-order valence-electron chi connectivity index (χ3n) is 3.55. The van der Waals surface area contributed by atoms with Crippen LogP contribution in [0.25, 0.3) is 11.0 Å². The van der Waals surface area contributed by atoms with E-state index in [-0.39, 0.29) is 17.5 Å². The molecule has 3 rings (SSSR count). The van der Waals surface area contributed by atoms with Crippen molar-refractivity contribution in [1.29, 1.82) is 0 Å². The predicted octanol–water partition coefficient (Wildman–Crippen LogP) is 0.654. The summed E-state index contributed by atoms with van der Waals surface area (Å²) in [5.41, 5.74) is 7.45. The molecule has 7 nitrogen and oxygen atoms in total. The molecule has 2 aromatic rings. The van der Waals surface area contributed by atoms with Crippen molar-refractivity contribution in [3.8, 4) is 0 Å². The van der Waals surface area contributed by atoms with Crippen molar-refractivity contribution in [2.24, 2.45) is 0 Å². The number of anilines is 1. The Morgan fingerprint density at radius 1 is 1.53 bits per heavy atom. The van der Waals surface area contributed by atoms with Gasteiger partial charge in [-0.25, -0.2) is 13.1 Å². The van der Waals surface area contributed by atoms with Crippen molar-refractivity contribution < 1.29 is 8.42 Å². The highest BCUT2D eigenvalue weighted by atomic mass is 32.2. The average molecular weight is 283 g/mol. The van der Waals surface area contributed by atoms with Crippen LogP contribution in [0.1, 0.15) is 31.5 Å². The highest BCUT2D eigenvalue weighted by Gasteiger charge is 2.32. The maximum atomic E-state index is 11.6. The Hall–Kier alpha value is -1.57. The lowest BCUT2D eigenvalue weighted by molar-refractivity contribution is 0.505. The van der Waals surface area contributed by atoms with Crippen molar-refractivity contribution in [3.05, 3.63) is 5.69 Å². The minimum Gasteiger partial charge on any atom is -0.383 e. The van der Waals surface area contributed by atoms with Crippen LogP contribution in [0.5, 0.6) is 0 Å². The van der Waals surface area contributed by atoms with Crippen LogP contribution in [0, 0.1) is 0 Å². The fourth-order valence-electron chi connectivity index (χ4n) is 2.66. The van der Waals surface area contributed by atoms with E-state index in [1.165, 1.54) is 0 Å². The second kappa shape index (κ2) is 4.22. The van der Waals surface area contributed by atoms with Gasteiger partial charge in [-0.3, -0.25) is 5.10 Å². The first kappa shape index (κ1) is 12.5. The second-order valence-corrected chi connectivity index (χ2v) is 7.26. The fraction of sp³-hybridized carbons (Fsp3) is 0.636. The number of aromatic amines is 1. The number of rotatable bonds is 3. The van der Waals surface area contributed by atoms with Crippen LogP contribution in [0.15, 0.2) is 0 Å². The van der Waals surface area contributed by atoms with Gasteiger partial charge in [0, 0.05) is 0 Å². The minimum atomic E-state index is -2.94. The summed E-state index contributed by atoms with van der Waals surface area (Å²) in [7, 11) is -2.94. The number of nitrogens with one attached hydrogen (secondary N) is 1. The average Bonchev–Trinajstić information content (AvgIpc) is 2.97. The van der Waals surface area contributed by atoms with E-state index in [0.717, 1.165) is 23.9 Å². The van der Waals surface area contributed by atoms with E-state index in [1.807, 2.05) is 0 Å². The van der Waals surface area contributed by atoms with Crippen molar-refractivity contribution in [2.45, 2.75) is 32.2 Å². The Bertz CT molecular complexity index is 715. The van der Waals surface area contributed by atoms with Gasteiger partial charge in [0.15, 0.2) is 15.5 Å². The first-order valence-corrected chi connectivity index (χ1v) is 8.25. The van der Waals surface area contributed by atoms with Gasteiger partial charge < -0.3 is 5.73 Å². The largest absolute Gasteiger partial charge is 0.383 e. The molecule has 19 heavy (non-hydrogen) atoms. The summed E-state index contributed by atoms with van der Waals surface area (Å²) in [4.78, 5) is 0. The van der Waals surface area contributed by atoms with Gasteiger partial charge in [0.2, 0.25) is 0 Å². The molecule has 2 aromatic heterocycles. The molecular weight excluding hydrogens is 266 g/mol. The molecule has 0 bridgehead atoms. The van der Waals surface area contributed by atoms with Gasteiger partial charge in [0.25, 0.3) is 0 Å². The van der Waals surface area contributed by atoms with Crippen molar-refractivity contribution in [1.82, 2.24) is 20.0 Å². The zero-order valence-corrected chi connectivity index (χ0v) is 11.6. The standard InChI is InChI=1S/C11H17N5O2S/c1-2-3-8-9-10(12)13-14-11(9)16(15-8)7-4-5-19(17,18)6-7/h7H,2-6H2,1H3,(H3,12,13,14). The number of hydrogen-bond donors (Lipinski definition) is 2. The molecule has 0 amide bonds. The van der Waals surface area contributed by atoms with E-state index >= 15 is 0 Å². The van der Waals surface area contributed by atoms with Gasteiger partial charge in [0.05, 0.1) is 28.6 Å². The van der Waals surface area contributed by atoms with Crippen LogP contribution in [-0.4, -0.2) is 39.9 Å². The summed E-state index contributed by atoms with van der Waals surface area (Å²) in [6.07, 6.45) is 2.36. The van der Waals surface area contributed by atoms with Gasteiger partial charge in [-0.1, -0.05) is 13.3 Å². The van der Waals surface area contributed by atoms with Crippen LogP contribution >= 0.6 is 0 Å². The Morgan fingerprint density at radius 3 is 2.95 bits per heavy atom. The zero-order chi connectivity index (χ0) is 13.6. The molecule has 3 N–H and O–H groups in total. The quantitative estimate of drug-likeness (QED) is 0.860. The molecule has 1 atom stereocenters. The number of nitrogen functional groups attached to an aromatic ring is 1. The number of aromatic nitrogens is 4. The molecule has 1 saturated heterocycles. The monoisotopic (exact) mass is 283 g/mol. The molecule has 0 aromatic carbocycles. The topological polar surface area (TPSA) is 107 Å². The number of fused-ring (bicyclic) bond motifs is 1. The summed E-state index contributed by atoms with van der Waals surface area (Å²) >= 11 is 0. The first-order valence-electron chi connectivity index (χ1n) is 6.43. The van der Waals surface area contributed by atoms with E-state index < -0.39 is 9.84 Å². The summed E-state index contributed by atoms with van der Waals surface area (Å²) < 4.78 is 24.9. The highest BCUT2D eigenvalue weighted by molar-refractivity contribution is 7.91. The Morgan fingerprint density at radius 2 is 2.32 bits per heavy atom. The minimum absolute atomic E-state index is 0.124. The highest BCUT2D eigenvalue weighted by Crippen LogP contribution is 2.30. The molecule has 0 spiro atoms. The Kier molecular flexibility index (Phi) is 2.77. The first-order chi connectivity index (χ1) is 9.02. The number of nitrogens with zero attached hydrogens (tertiary/aromatic N) is 3. The van der Waals surface area contributed by atoms with Gasteiger partial charge >= 0.3 is 0 Å². The van der Waals surface area contributed by atoms with Crippen LogP contribution in [0.4, 0.5) is 5.82 Å². The molecule has 1 aliphatic heterocycles. The van der Waals surface area contributed by atoms with Crippen molar-refractivity contribution in [3.63, 3.8) is 0 Å². The molecule has 104 valence electrons. The maximum absolute atomic E-state index is 11.6. The van der Waals surface area contributed by atoms with Gasteiger partial charge in [0.1, 0.15) is 5.82 Å². The summed E-state index contributed by atoms with van der Waals surface area (Å²) in [5, 5.41) is 12.3. The lowest BCUT2D eigenvalue weighted by Crippen LogP contribution is -2.13. The van der Waals surface area contributed by atoms with E-state index in [0.29, 0.717) is 17.9 Å². The maximum Gasteiger partial charge on any atom is 0.182 e.